The number of aromatic nitrogens is 2. The summed E-state index contributed by atoms with van der Waals surface area (Å²) in [5.74, 6) is 0.241. The summed E-state index contributed by atoms with van der Waals surface area (Å²) in [7, 11) is 0. The van der Waals surface area contributed by atoms with E-state index < -0.39 is 0 Å². The van der Waals surface area contributed by atoms with E-state index in [2.05, 4.69) is 15.5 Å². The van der Waals surface area contributed by atoms with Gasteiger partial charge in [0, 0.05) is 24.2 Å². The van der Waals surface area contributed by atoms with Crippen molar-refractivity contribution >= 4 is 29.0 Å². The number of hydrogen-bond donors (Lipinski definition) is 2. The normalized spacial score (nSPS) is 13.6. The molecule has 0 saturated carbocycles. The van der Waals surface area contributed by atoms with Gasteiger partial charge in [0.1, 0.15) is 5.69 Å². The van der Waals surface area contributed by atoms with Crippen LogP contribution in [0.4, 0.5) is 5.82 Å². The van der Waals surface area contributed by atoms with Gasteiger partial charge in [-0.1, -0.05) is 72.3 Å². The second-order valence-electron chi connectivity index (χ2n) is 7.04. The average Bonchev–Trinajstić information content (AvgIpc) is 2.84. The lowest BCUT2D eigenvalue weighted by Gasteiger charge is -2.27. The zero-order valence-electron chi connectivity index (χ0n) is 16.8. The number of amides is 1. The quantitative estimate of drug-likeness (QED) is 0.578. The number of benzene rings is 2. The first kappa shape index (κ1) is 21.0. The first-order valence-electron chi connectivity index (χ1n) is 10.0. The Morgan fingerprint density at radius 2 is 1.68 bits per heavy atom. The highest BCUT2D eigenvalue weighted by atomic mass is 35.5. The first-order chi connectivity index (χ1) is 15.1. The van der Waals surface area contributed by atoms with Crippen molar-refractivity contribution in [3.8, 4) is 11.3 Å². The summed E-state index contributed by atoms with van der Waals surface area (Å²) in [5.41, 5.74) is 2.61. The van der Waals surface area contributed by atoms with E-state index in [4.69, 9.17) is 21.7 Å². The van der Waals surface area contributed by atoms with Gasteiger partial charge < -0.3 is 15.0 Å². The van der Waals surface area contributed by atoms with E-state index in [9.17, 15) is 4.79 Å². The van der Waals surface area contributed by atoms with E-state index >= 15 is 0 Å². The lowest BCUT2D eigenvalue weighted by Crippen LogP contribution is -2.43. The van der Waals surface area contributed by atoms with Crippen LogP contribution in [0.5, 0.6) is 0 Å². The summed E-state index contributed by atoms with van der Waals surface area (Å²) >= 11 is 6.76. The van der Waals surface area contributed by atoms with Crippen LogP contribution in [0.3, 0.4) is 0 Å². The Kier molecular flexibility index (Phi) is 6.54. The maximum atomic E-state index is 12.6. The molecule has 0 spiro atoms. The molecule has 1 fully saturated rings. The molecule has 0 atom stereocenters. The van der Waals surface area contributed by atoms with Gasteiger partial charge in [0.15, 0.2) is 5.82 Å². The number of ether oxygens (including phenoxy) is 1. The Balaban J connectivity index is 1.67. The maximum Gasteiger partial charge on any atom is 0.242 e. The zero-order chi connectivity index (χ0) is 21.6. The first-order valence-corrected chi connectivity index (χ1v) is 10.4. The van der Waals surface area contributed by atoms with Crippen LogP contribution in [-0.2, 0) is 9.53 Å². The van der Waals surface area contributed by atoms with Crippen molar-refractivity contribution in [3.63, 3.8) is 0 Å². The molecule has 8 heteroatoms. The molecule has 2 N–H and O–H groups in total. The van der Waals surface area contributed by atoms with Crippen molar-refractivity contribution in [1.29, 1.82) is 5.41 Å². The minimum Gasteiger partial charge on any atom is -0.378 e. The molecule has 1 aromatic heterocycles. The summed E-state index contributed by atoms with van der Waals surface area (Å²) in [6, 6.07) is 18.8. The third-order valence-corrected chi connectivity index (χ3v) is 5.41. The predicted octanol–water partition coefficient (Wildman–Crippen LogP) is 3.48. The van der Waals surface area contributed by atoms with Crippen LogP contribution in [-0.4, -0.2) is 59.6 Å². The highest BCUT2D eigenvalue weighted by Gasteiger charge is 2.22. The van der Waals surface area contributed by atoms with Crippen LogP contribution in [0.25, 0.3) is 11.3 Å². The van der Waals surface area contributed by atoms with Crippen molar-refractivity contribution in [2.75, 3.05) is 38.2 Å². The van der Waals surface area contributed by atoms with Gasteiger partial charge >= 0.3 is 0 Å². The monoisotopic (exact) mass is 435 g/mol. The van der Waals surface area contributed by atoms with Crippen LogP contribution in [0.1, 0.15) is 11.1 Å². The van der Waals surface area contributed by atoms with Crippen LogP contribution in [0.2, 0.25) is 5.02 Å². The molecule has 4 rings (SSSR count). The third-order valence-electron chi connectivity index (χ3n) is 5.04. The van der Waals surface area contributed by atoms with Crippen molar-refractivity contribution in [2.24, 2.45) is 0 Å². The molecular formula is C23H22ClN5O2. The van der Waals surface area contributed by atoms with E-state index in [-0.39, 0.29) is 18.2 Å². The number of nitrogens with one attached hydrogen (secondary N) is 2. The van der Waals surface area contributed by atoms with Gasteiger partial charge in [-0.15, -0.1) is 10.2 Å². The zero-order valence-corrected chi connectivity index (χ0v) is 17.6. The SMILES string of the molecule is N=C(c1ccccc1)c1c(NCC(=O)N2CCOCC2)nnc(-c2ccccc2)c1Cl. The van der Waals surface area contributed by atoms with Crippen LogP contribution in [0, 0.1) is 5.41 Å². The lowest BCUT2D eigenvalue weighted by atomic mass is 10.0. The van der Waals surface area contributed by atoms with Crippen molar-refractivity contribution < 1.29 is 9.53 Å². The summed E-state index contributed by atoms with van der Waals surface area (Å²) in [4.78, 5) is 14.3. The van der Waals surface area contributed by atoms with E-state index in [1.807, 2.05) is 60.7 Å². The predicted molar refractivity (Wildman–Crippen MR) is 121 cm³/mol. The van der Waals surface area contributed by atoms with E-state index in [1.165, 1.54) is 0 Å². The molecule has 2 aromatic carbocycles. The van der Waals surface area contributed by atoms with Crippen molar-refractivity contribution in [1.82, 2.24) is 15.1 Å². The Morgan fingerprint density at radius 1 is 1.03 bits per heavy atom. The molecule has 7 nitrogen and oxygen atoms in total. The molecule has 2 heterocycles. The molecule has 0 aliphatic carbocycles. The molecule has 0 radical (unpaired) electrons. The largest absolute Gasteiger partial charge is 0.378 e. The minimum atomic E-state index is -0.0643. The number of nitrogens with zero attached hydrogens (tertiary/aromatic N) is 3. The Morgan fingerprint density at radius 3 is 2.35 bits per heavy atom. The number of rotatable bonds is 6. The van der Waals surface area contributed by atoms with Gasteiger partial charge in [0.05, 0.1) is 36.1 Å². The fourth-order valence-corrected chi connectivity index (χ4v) is 3.71. The minimum absolute atomic E-state index is 0.0325. The standard InChI is InChI=1S/C23H22ClN5O2/c24-20-19(21(25)16-7-3-1-4-8-16)23(26-15-18(30)29-11-13-31-14-12-29)28-27-22(20)17-9-5-2-6-10-17/h1-10,25H,11-15H2,(H,26,28). The van der Waals surface area contributed by atoms with Crippen LogP contribution in [0.15, 0.2) is 60.7 Å². The Labute approximate surface area is 185 Å². The van der Waals surface area contributed by atoms with Crippen LogP contribution < -0.4 is 5.32 Å². The molecule has 0 unspecified atom stereocenters. The number of carbonyl (C=O) groups excluding carboxylic acids is 1. The fraction of sp³-hybridized carbons (Fsp3) is 0.217. The highest BCUT2D eigenvalue weighted by Crippen LogP contribution is 2.33. The number of morpholine rings is 1. The molecule has 0 bridgehead atoms. The third kappa shape index (κ3) is 4.73. The van der Waals surface area contributed by atoms with Gasteiger partial charge in [-0.05, 0) is 0 Å². The second-order valence-corrected chi connectivity index (χ2v) is 7.42. The van der Waals surface area contributed by atoms with Gasteiger partial charge in [-0.25, -0.2) is 0 Å². The molecule has 1 aliphatic heterocycles. The topological polar surface area (TPSA) is 91.2 Å². The molecular weight excluding hydrogens is 414 g/mol. The number of hydrogen-bond acceptors (Lipinski definition) is 6. The van der Waals surface area contributed by atoms with Gasteiger partial charge in [0.2, 0.25) is 5.91 Å². The summed E-state index contributed by atoms with van der Waals surface area (Å²) in [5, 5.41) is 20.7. The smallest absolute Gasteiger partial charge is 0.242 e. The lowest BCUT2D eigenvalue weighted by molar-refractivity contribution is -0.133. The molecule has 158 valence electrons. The van der Waals surface area contributed by atoms with Crippen molar-refractivity contribution in [2.45, 2.75) is 0 Å². The number of anilines is 1. The summed E-state index contributed by atoms with van der Waals surface area (Å²) < 4.78 is 5.30. The molecule has 1 amide bonds. The van der Waals surface area contributed by atoms with E-state index in [0.29, 0.717) is 54.0 Å². The molecule has 1 aliphatic rings. The van der Waals surface area contributed by atoms with Gasteiger partial charge in [-0.3, -0.25) is 10.2 Å². The fourth-order valence-electron chi connectivity index (χ4n) is 3.38. The van der Waals surface area contributed by atoms with Crippen LogP contribution >= 0.6 is 11.6 Å². The maximum absolute atomic E-state index is 12.6. The summed E-state index contributed by atoms with van der Waals surface area (Å²) in [6.07, 6.45) is 0. The van der Waals surface area contributed by atoms with E-state index in [0.717, 1.165) is 5.56 Å². The van der Waals surface area contributed by atoms with E-state index in [1.54, 1.807) is 4.90 Å². The highest BCUT2D eigenvalue weighted by molar-refractivity contribution is 6.38. The second kappa shape index (κ2) is 9.68. The number of carbonyl (C=O) groups is 1. The molecule has 3 aromatic rings. The molecule has 1 saturated heterocycles. The van der Waals surface area contributed by atoms with Gasteiger partial charge in [0.25, 0.3) is 0 Å². The molecule has 31 heavy (non-hydrogen) atoms. The summed E-state index contributed by atoms with van der Waals surface area (Å²) in [6.45, 7) is 2.23. The van der Waals surface area contributed by atoms with Gasteiger partial charge in [-0.2, -0.15) is 0 Å². The van der Waals surface area contributed by atoms with Crippen molar-refractivity contribution in [3.05, 3.63) is 76.8 Å². The Bertz CT molecular complexity index is 1070. The number of halogens is 1. The average molecular weight is 436 g/mol. The Hall–Kier alpha value is -3.29.